The molecule has 2 fully saturated rings. The fourth-order valence-corrected chi connectivity index (χ4v) is 2.80. The number of rotatable bonds is 3. The molecule has 16 heavy (non-hydrogen) atoms. The molecular formula is C13H26N2O. The normalized spacial score (nSPS) is 40.9. The second kappa shape index (κ2) is 5.99. The van der Waals surface area contributed by atoms with Gasteiger partial charge in [-0.2, -0.15) is 0 Å². The van der Waals surface area contributed by atoms with E-state index < -0.39 is 0 Å². The highest BCUT2D eigenvalue weighted by molar-refractivity contribution is 4.84. The fraction of sp³-hybridized carbons (Fsp3) is 1.00. The summed E-state index contributed by atoms with van der Waals surface area (Å²) in [7, 11) is 0. The maximum absolute atomic E-state index is 6.07. The predicted molar refractivity (Wildman–Crippen MR) is 66.4 cm³/mol. The minimum Gasteiger partial charge on any atom is -0.377 e. The molecule has 0 unspecified atom stereocenters. The van der Waals surface area contributed by atoms with E-state index >= 15 is 0 Å². The van der Waals surface area contributed by atoms with E-state index in [1.165, 1.54) is 32.1 Å². The van der Waals surface area contributed by atoms with Crippen LogP contribution >= 0.6 is 0 Å². The molecule has 0 spiro atoms. The lowest BCUT2D eigenvalue weighted by Crippen LogP contribution is -2.52. The van der Waals surface area contributed by atoms with Crippen LogP contribution < -0.4 is 11.1 Å². The minimum atomic E-state index is 0.288. The quantitative estimate of drug-likeness (QED) is 0.769. The predicted octanol–water partition coefficient (Wildman–Crippen LogP) is 1.66. The smallest absolute Gasteiger partial charge is 0.0638 e. The summed E-state index contributed by atoms with van der Waals surface area (Å²) >= 11 is 0. The molecule has 2 rings (SSSR count). The average molecular weight is 226 g/mol. The highest BCUT2D eigenvalue weighted by Gasteiger charge is 2.24. The molecule has 1 saturated carbocycles. The Balaban J connectivity index is 1.66. The van der Waals surface area contributed by atoms with Crippen molar-refractivity contribution in [2.75, 3.05) is 13.2 Å². The molecule has 2 aliphatic rings. The molecule has 0 aromatic rings. The Morgan fingerprint density at radius 3 is 2.62 bits per heavy atom. The zero-order valence-corrected chi connectivity index (χ0v) is 10.5. The van der Waals surface area contributed by atoms with E-state index in [1.807, 2.05) is 0 Å². The summed E-state index contributed by atoms with van der Waals surface area (Å²) in [4.78, 5) is 0. The van der Waals surface area contributed by atoms with Gasteiger partial charge in [0.15, 0.2) is 0 Å². The third-order valence-electron chi connectivity index (χ3n) is 4.11. The molecule has 3 nitrogen and oxygen atoms in total. The van der Waals surface area contributed by atoms with Gasteiger partial charge >= 0.3 is 0 Å². The van der Waals surface area contributed by atoms with Crippen LogP contribution in [0.4, 0.5) is 0 Å². The average Bonchev–Trinajstić information content (AvgIpc) is 2.30. The van der Waals surface area contributed by atoms with Crippen LogP contribution in [0.1, 0.15) is 45.4 Å². The first-order valence-electron chi connectivity index (χ1n) is 6.86. The van der Waals surface area contributed by atoms with Crippen molar-refractivity contribution in [3.63, 3.8) is 0 Å². The van der Waals surface area contributed by atoms with Crippen LogP contribution in [0.15, 0.2) is 0 Å². The lowest BCUT2D eigenvalue weighted by atomic mass is 9.89. The summed E-state index contributed by atoms with van der Waals surface area (Å²) in [6.45, 7) is 4.25. The first-order valence-corrected chi connectivity index (χ1v) is 6.86. The van der Waals surface area contributed by atoms with Crippen LogP contribution in [0.3, 0.4) is 0 Å². The van der Waals surface area contributed by atoms with Crippen molar-refractivity contribution in [2.24, 2.45) is 11.7 Å². The van der Waals surface area contributed by atoms with Crippen LogP contribution in [-0.4, -0.2) is 31.3 Å². The summed E-state index contributed by atoms with van der Waals surface area (Å²) in [6, 6.07) is 0.671. The van der Waals surface area contributed by atoms with Crippen LogP contribution in [-0.2, 0) is 4.74 Å². The molecule has 0 aromatic heterocycles. The number of piperidine rings is 1. The lowest BCUT2D eigenvalue weighted by Gasteiger charge is -2.32. The number of hydrogen-bond acceptors (Lipinski definition) is 3. The van der Waals surface area contributed by atoms with E-state index in [9.17, 15) is 0 Å². The lowest BCUT2D eigenvalue weighted by molar-refractivity contribution is 0.00221. The van der Waals surface area contributed by atoms with E-state index in [4.69, 9.17) is 10.5 Å². The SMILES string of the molecule is C[C@H]1CC[C@@H](OC[C@@H]2NCCC[C@@H]2N)CC1. The summed E-state index contributed by atoms with van der Waals surface area (Å²) in [5.41, 5.74) is 6.07. The Labute approximate surface area is 99.1 Å². The minimum absolute atomic E-state index is 0.288. The summed E-state index contributed by atoms with van der Waals surface area (Å²) in [6.07, 6.45) is 7.98. The molecule has 1 aliphatic carbocycles. The monoisotopic (exact) mass is 226 g/mol. The number of hydrogen-bond donors (Lipinski definition) is 2. The number of ether oxygens (including phenoxy) is 1. The van der Waals surface area contributed by atoms with Gasteiger partial charge in [-0.3, -0.25) is 0 Å². The Hall–Kier alpha value is -0.120. The highest BCUT2D eigenvalue weighted by atomic mass is 16.5. The summed E-state index contributed by atoms with van der Waals surface area (Å²) < 4.78 is 6.00. The Morgan fingerprint density at radius 2 is 1.94 bits per heavy atom. The largest absolute Gasteiger partial charge is 0.377 e. The molecule has 3 N–H and O–H groups in total. The highest BCUT2D eigenvalue weighted by Crippen LogP contribution is 2.25. The van der Waals surface area contributed by atoms with Gasteiger partial charge < -0.3 is 15.8 Å². The van der Waals surface area contributed by atoms with Crippen molar-refractivity contribution in [3.8, 4) is 0 Å². The molecule has 1 heterocycles. The molecule has 94 valence electrons. The van der Waals surface area contributed by atoms with E-state index in [-0.39, 0.29) is 6.04 Å². The first kappa shape index (κ1) is 12.3. The maximum atomic E-state index is 6.07. The van der Waals surface area contributed by atoms with Crippen molar-refractivity contribution in [1.82, 2.24) is 5.32 Å². The van der Waals surface area contributed by atoms with E-state index in [0.717, 1.165) is 25.5 Å². The molecule has 0 aromatic carbocycles. The van der Waals surface area contributed by atoms with E-state index in [1.54, 1.807) is 0 Å². The van der Waals surface area contributed by atoms with Gasteiger partial charge in [0.05, 0.1) is 12.7 Å². The number of nitrogens with one attached hydrogen (secondary N) is 1. The Kier molecular flexibility index (Phi) is 4.62. The molecule has 1 aliphatic heterocycles. The molecular weight excluding hydrogens is 200 g/mol. The van der Waals surface area contributed by atoms with Crippen molar-refractivity contribution >= 4 is 0 Å². The van der Waals surface area contributed by atoms with Crippen LogP contribution in [0, 0.1) is 5.92 Å². The van der Waals surface area contributed by atoms with Crippen molar-refractivity contribution < 1.29 is 4.74 Å². The van der Waals surface area contributed by atoms with E-state index in [2.05, 4.69) is 12.2 Å². The third kappa shape index (κ3) is 3.44. The van der Waals surface area contributed by atoms with Gasteiger partial charge in [0.2, 0.25) is 0 Å². The van der Waals surface area contributed by atoms with E-state index in [0.29, 0.717) is 12.1 Å². The molecule has 0 amide bonds. The molecule has 1 saturated heterocycles. The second-order valence-corrected chi connectivity index (χ2v) is 5.58. The van der Waals surface area contributed by atoms with Gasteiger partial charge in [-0.05, 0) is 51.0 Å². The Bertz CT molecular complexity index is 202. The standard InChI is InChI=1S/C13H26N2O/c1-10-4-6-11(7-5-10)16-9-13-12(14)3-2-8-15-13/h10-13,15H,2-9,14H2,1H3/t10-,11+,12-,13-/m0/s1. The first-order chi connectivity index (χ1) is 7.75. The van der Waals surface area contributed by atoms with Crippen LogP contribution in [0.25, 0.3) is 0 Å². The summed E-state index contributed by atoms with van der Waals surface area (Å²) in [5.74, 6) is 0.898. The van der Waals surface area contributed by atoms with Gasteiger partial charge in [-0.25, -0.2) is 0 Å². The second-order valence-electron chi connectivity index (χ2n) is 5.58. The molecule has 0 radical (unpaired) electrons. The van der Waals surface area contributed by atoms with Crippen molar-refractivity contribution in [2.45, 2.75) is 63.6 Å². The number of nitrogens with two attached hydrogens (primary N) is 1. The van der Waals surface area contributed by atoms with Gasteiger partial charge in [0, 0.05) is 12.1 Å². The zero-order valence-electron chi connectivity index (χ0n) is 10.5. The Morgan fingerprint density at radius 1 is 1.19 bits per heavy atom. The van der Waals surface area contributed by atoms with Crippen LogP contribution in [0.5, 0.6) is 0 Å². The van der Waals surface area contributed by atoms with Crippen molar-refractivity contribution in [1.29, 1.82) is 0 Å². The van der Waals surface area contributed by atoms with Gasteiger partial charge in [0.1, 0.15) is 0 Å². The fourth-order valence-electron chi connectivity index (χ4n) is 2.80. The third-order valence-corrected chi connectivity index (χ3v) is 4.11. The molecule has 3 heteroatoms. The summed E-state index contributed by atoms with van der Waals surface area (Å²) in [5, 5.41) is 3.47. The maximum Gasteiger partial charge on any atom is 0.0638 e. The molecule has 2 atom stereocenters. The van der Waals surface area contributed by atoms with Gasteiger partial charge in [-0.1, -0.05) is 6.92 Å². The topological polar surface area (TPSA) is 47.3 Å². The van der Waals surface area contributed by atoms with Gasteiger partial charge in [0.25, 0.3) is 0 Å². The molecule has 0 bridgehead atoms. The van der Waals surface area contributed by atoms with Gasteiger partial charge in [-0.15, -0.1) is 0 Å². The van der Waals surface area contributed by atoms with Crippen molar-refractivity contribution in [3.05, 3.63) is 0 Å². The van der Waals surface area contributed by atoms with Crippen LogP contribution in [0.2, 0.25) is 0 Å². The zero-order chi connectivity index (χ0) is 11.4.